The van der Waals surface area contributed by atoms with Crippen LogP contribution in [0.4, 0.5) is 5.69 Å². The average molecular weight is 409 g/mol. The molecule has 29 heavy (non-hydrogen) atoms. The summed E-state index contributed by atoms with van der Waals surface area (Å²) in [6.07, 6.45) is 0.575. The number of anilines is 1. The zero-order valence-electron chi connectivity index (χ0n) is 15.6. The predicted octanol–water partition coefficient (Wildman–Crippen LogP) is 4.98. The van der Waals surface area contributed by atoms with Crippen molar-refractivity contribution in [3.05, 3.63) is 81.3 Å². The van der Waals surface area contributed by atoms with Gasteiger partial charge in [0, 0.05) is 36.2 Å². The van der Waals surface area contributed by atoms with Gasteiger partial charge >= 0.3 is 0 Å². The molecule has 1 amide bonds. The third kappa shape index (κ3) is 4.38. The van der Waals surface area contributed by atoms with Crippen LogP contribution in [0.5, 0.6) is 0 Å². The van der Waals surface area contributed by atoms with E-state index in [0.29, 0.717) is 34.6 Å². The fourth-order valence-corrected chi connectivity index (χ4v) is 3.12. The molecule has 6 nitrogen and oxygen atoms in total. The molecule has 0 radical (unpaired) electrons. The third-order valence-electron chi connectivity index (χ3n) is 4.48. The van der Waals surface area contributed by atoms with E-state index in [0.717, 1.165) is 11.1 Å². The zero-order valence-corrected chi connectivity index (χ0v) is 16.3. The van der Waals surface area contributed by atoms with E-state index in [1.807, 2.05) is 31.2 Å². The highest BCUT2D eigenvalue weighted by molar-refractivity contribution is 6.29. The minimum absolute atomic E-state index is 0.172. The quantitative estimate of drug-likeness (QED) is 0.503. The van der Waals surface area contributed by atoms with Gasteiger partial charge in [0.1, 0.15) is 17.1 Å². The van der Waals surface area contributed by atoms with Crippen molar-refractivity contribution in [2.75, 3.05) is 5.32 Å². The second kappa shape index (κ2) is 7.93. The van der Waals surface area contributed by atoms with Crippen molar-refractivity contribution in [2.45, 2.75) is 19.8 Å². The number of benzene rings is 2. The number of hydrogen-bond donors (Lipinski definition) is 1. The van der Waals surface area contributed by atoms with Gasteiger partial charge in [-0.25, -0.2) is 0 Å². The first-order valence-electron chi connectivity index (χ1n) is 9.04. The first kappa shape index (κ1) is 19.0. The van der Waals surface area contributed by atoms with Crippen LogP contribution in [-0.2, 0) is 11.2 Å². The third-order valence-corrected chi connectivity index (χ3v) is 4.65. The lowest BCUT2D eigenvalue weighted by Gasteiger charge is -2.07. The summed E-state index contributed by atoms with van der Waals surface area (Å²) >= 11 is 5.69. The summed E-state index contributed by atoms with van der Waals surface area (Å²) in [6, 6.07) is 15.8. The molecule has 0 saturated heterocycles. The molecule has 4 aromatic rings. The molecule has 0 aliphatic heterocycles. The Hall–Kier alpha value is -3.38. The Kier molecular flexibility index (Phi) is 5.18. The number of carbonyl (C=O) groups is 1. The highest BCUT2D eigenvalue weighted by Gasteiger charge is 2.10. The Bertz CT molecular complexity index is 1240. The maximum atomic E-state index is 12.6. The fraction of sp³-hybridized carbons (Fsp3) is 0.136. The lowest BCUT2D eigenvalue weighted by molar-refractivity contribution is -0.116. The molecule has 0 bridgehead atoms. The van der Waals surface area contributed by atoms with E-state index in [-0.39, 0.29) is 22.9 Å². The number of nitrogens with one attached hydrogen (secondary N) is 1. The van der Waals surface area contributed by atoms with E-state index in [1.165, 1.54) is 6.07 Å². The monoisotopic (exact) mass is 408 g/mol. The summed E-state index contributed by atoms with van der Waals surface area (Å²) in [5, 5.41) is 7.01. The van der Waals surface area contributed by atoms with Crippen molar-refractivity contribution < 1.29 is 13.7 Å². The normalized spacial score (nSPS) is 11.0. The van der Waals surface area contributed by atoms with Crippen LogP contribution in [0, 0.1) is 6.92 Å². The zero-order chi connectivity index (χ0) is 20.4. The highest BCUT2D eigenvalue weighted by Crippen LogP contribution is 2.24. The number of rotatable bonds is 5. The van der Waals surface area contributed by atoms with E-state index in [4.69, 9.17) is 20.5 Å². The molecule has 4 rings (SSSR count). The average Bonchev–Trinajstić information content (AvgIpc) is 3.12. The molecule has 2 heterocycles. The van der Waals surface area contributed by atoms with E-state index in [1.54, 1.807) is 24.3 Å². The lowest BCUT2D eigenvalue weighted by atomic mass is 10.1. The van der Waals surface area contributed by atoms with Gasteiger partial charge in [-0.2, -0.15) is 0 Å². The van der Waals surface area contributed by atoms with Crippen molar-refractivity contribution in [1.82, 2.24) is 5.16 Å². The van der Waals surface area contributed by atoms with E-state index >= 15 is 0 Å². The lowest BCUT2D eigenvalue weighted by Crippen LogP contribution is -2.12. The largest absolute Gasteiger partial charge is 0.456 e. The number of amides is 1. The number of nitrogens with zero attached hydrogens (tertiary/aromatic N) is 1. The molecule has 7 heteroatoms. The van der Waals surface area contributed by atoms with Crippen molar-refractivity contribution >= 4 is 34.2 Å². The van der Waals surface area contributed by atoms with E-state index in [2.05, 4.69) is 10.5 Å². The molecule has 0 atom stereocenters. The number of halogens is 1. The molecule has 146 valence electrons. The predicted molar refractivity (Wildman–Crippen MR) is 111 cm³/mol. The SMILES string of the molecule is Cc1ccc(-c2cc(=O)c3cc(NC(=O)CCc4cc(Cl)no4)ccc3o2)cc1. The summed E-state index contributed by atoms with van der Waals surface area (Å²) in [6.45, 7) is 2.00. The molecule has 2 aromatic heterocycles. The highest BCUT2D eigenvalue weighted by atomic mass is 35.5. The summed E-state index contributed by atoms with van der Waals surface area (Å²) < 4.78 is 10.9. The molecular formula is C22H17ClN2O4. The Balaban J connectivity index is 1.52. The van der Waals surface area contributed by atoms with Gasteiger partial charge in [-0.15, -0.1) is 0 Å². The van der Waals surface area contributed by atoms with Crippen molar-refractivity contribution in [3.63, 3.8) is 0 Å². The molecule has 0 saturated carbocycles. The molecule has 0 aliphatic rings. The minimum Gasteiger partial charge on any atom is -0.456 e. The van der Waals surface area contributed by atoms with E-state index < -0.39 is 0 Å². The molecular weight excluding hydrogens is 392 g/mol. The number of hydrogen-bond acceptors (Lipinski definition) is 5. The Morgan fingerprint density at radius 1 is 1.10 bits per heavy atom. The van der Waals surface area contributed by atoms with Crippen LogP contribution in [0.25, 0.3) is 22.3 Å². The summed E-state index contributed by atoms with van der Waals surface area (Å²) in [5.74, 6) is 0.829. The standard InChI is InChI=1S/C22H17ClN2O4/c1-13-2-4-14(5-3-13)20-12-18(26)17-10-15(6-8-19(17)28-20)24-22(27)9-7-16-11-21(23)25-29-16/h2-6,8,10-12H,7,9H2,1H3,(H,24,27). The van der Waals surface area contributed by atoms with Gasteiger partial charge in [-0.05, 0) is 25.1 Å². The van der Waals surface area contributed by atoms with Gasteiger partial charge < -0.3 is 14.3 Å². The van der Waals surface area contributed by atoms with Gasteiger partial charge in [0.25, 0.3) is 0 Å². The Labute approximate surface area is 171 Å². The van der Waals surface area contributed by atoms with Gasteiger partial charge in [0.05, 0.1) is 5.39 Å². The van der Waals surface area contributed by atoms with Crippen molar-refractivity contribution in [3.8, 4) is 11.3 Å². The second-order valence-corrected chi connectivity index (χ2v) is 7.10. The Morgan fingerprint density at radius 2 is 1.90 bits per heavy atom. The summed E-state index contributed by atoms with van der Waals surface area (Å²) in [5.41, 5.74) is 2.77. The van der Waals surface area contributed by atoms with Crippen LogP contribution in [0.15, 0.2) is 68.3 Å². The number of aromatic nitrogens is 1. The van der Waals surface area contributed by atoms with Crippen LogP contribution in [0.1, 0.15) is 17.7 Å². The maximum absolute atomic E-state index is 12.6. The number of aryl methyl sites for hydroxylation is 2. The van der Waals surface area contributed by atoms with Crippen LogP contribution in [0.3, 0.4) is 0 Å². The molecule has 2 aromatic carbocycles. The minimum atomic E-state index is -0.211. The molecule has 0 spiro atoms. The smallest absolute Gasteiger partial charge is 0.224 e. The molecule has 0 fully saturated rings. The fourth-order valence-electron chi connectivity index (χ4n) is 2.96. The van der Waals surface area contributed by atoms with Crippen molar-refractivity contribution in [1.29, 1.82) is 0 Å². The summed E-state index contributed by atoms with van der Waals surface area (Å²) in [7, 11) is 0. The number of carbonyl (C=O) groups excluding carboxylic acids is 1. The molecule has 1 N–H and O–H groups in total. The second-order valence-electron chi connectivity index (χ2n) is 6.72. The molecule has 0 unspecified atom stereocenters. The van der Waals surface area contributed by atoms with Crippen LogP contribution < -0.4 is 10.7 Å². The Morgan fingerprint density at radius 3 is 2.62 bits per heavy atom. The topological polar surface area (TPSA) is 85.3 Å². The first-order chi connectivity index (χ1) is 14.0. The van der Waals surface area contributed by atoms with Crippen LogP contribution in [0.2, 0.25) is 5.15 Å². The van der Waals surface area contributed by atoms with E-state index in [9.17, 15) is 9.59 Å². The first-order valence-corrected chi connectivity index (χ1v) is 9.41. The molecule has 0 aliphatic carbocycles. The maximum Gasteiger partial charge on any atom is 0.224 e. The number of fused-ring (bicyclic) bond motifs is 1. The van der Waals surface area contributed by atoms with Gasteiger partial charge in [-0.1, -0.05) is 46.6 Å². The van der Waals surface area contributed by atoms with Crippen LogP contribution in [-0.4, -0.2) is 11.1 Å². The van der Waals surface area contributed by atoms with Gasteiger partial charge in [0.2, 0.25) is 5.91 Å². The van der Waals surface area contributed by atoms with Crippen LogP contribution >= 0.6 is 11.6 Å². The van der Waals surface area contributed by atoms with Crippen molar-refractivity contribution in [2.24, 2.45) is 0 Å². The van der Waals surface area contributed by atoms with Gasteiger partial charge in [-0.3, -0.25) is 9.59 Å². The summed E-state index contributed by atoms with van der Waals surface area (Å²) in [4.78, 5) is 24.8. The van der Waals surface area contributed by atoms with Gasteiger partial charge in [0.15, 0.2) is 10.6 Å².